The zero-order valence-electron chi connectivity index (χ0n) is 15.8. The average Bonchev–Trinajstić information content (AvgIpc) is 3.06. The molecule has 0 saturated carbocycles. The van der Waals surface area contributed by atoms with Gasteiger partial charge < -0.3 is 10.6 Å². The zero-order valence-corrected chi connectivity index (χ0v) is 17.4. The Morgan fingerprint density at radius 3 is 2.67 bits per heavy atom. The van der Waals surface area contributed by atoms with E-state index in [-0.39, 0.29) is 12.3 Å². The molecule has 2 aromatic rings. The van der Waals surface area contributed by atoms with Gasteiger partial charge >= 0.3 is 0 Å². The maximum absolute atomic E-state index is 13.6. The second-order valence-electron chi connectivity index (χ2n) is 6.12. The number of thiazole rings is 1. The molecule has 1 aromatic carbocycles. The number of aliphatic imine (C=N–C) groups is 1. The standard InChI is InChI=1S/C18H25FN4O2S2/c1-4-17-23-16(11-26-17)10-22-18(20-5-2)21-9-14-8-15(19)7-6-13(14)12-27(3,24)25/h6-8,11H,4-5,9-10,12H2,1-3H3,(H2,20,21,22). The smallest absolute Gasteiger partial charge is 0.191 e. The van der Waals surface area contributed by atoms with Crippen LogP contribution < -0.4 is 10.6 Å². The molecule has 9 heteroatoms. The van der Waals surface area contributed by atoms with E-state index in [4.69, 9.17) is 0 Å². The number of hydrogen-bond donors (Lipinski definition) is 2. The molecule has 0 unspecified atom stereocenters. The summed E-state index contributed by atoms with van der Waals surface area (Å²) in [5.74, 6) is 0.0175. The highest BCUT2D eigenvalue weighted by Crippen LogP contribution is 2.16. The van der Waals surface area contributed by atoms with Crippen molar-refractivity contribution in [2.24, 2.45) is 4.99 Å². The lowest BCUT2D eigenvalue weighted by atomic mass is 10.1. The first kappa shape index (κ1) is 21.3. The molecular weight excluding hydrogens is 387 g/mol. The van der Waals surface area contributed by atoms with Crippen LogP contribution in [0, 0.1) is 5.82 Å². The van der Waals surface area contributed by atoms with Crippen LogP contribution in [-0.2, 0) is 35.1 Å². The second-order valence-corrected chi connectivity index (χ2v) is 9.20. The molecule has 0 radical (unpaired) electrons. The first-order valence-corrected chi connectivity index (χ1v) is 11.6. The summed E-state index contributed by atoms with van der Waals surface area (Å²) in [6.07, 6.45) is 2.06. The molecule has 2 N–H and O–H groups in total. The predicted molar refractivity (Wildman–Crippen MR) is 108 cm³/mol. The van der Waals surface area contributed by atoms with Gasteiger partial charge in [-0.05, 0) is 36.6 Å². The van der Waals surface area contributed by atoms with Gasteiger partial charge in [0.1, 0.15) is 5.82 Å². The molecule has 0 bridgehead atoms. The monoisotopic (exact) mass is 412 g/mol. The van der Waals surface area contributed by atoms with Gasteiger partial charge in [0.25, 0.3) is 0 Å². The highest BCUT2D eigenvalue weighted by atomic mass is 32.2. The lowest BCUT2D eigenvalue weighted by Gasteiger charge is -2.12. The number of nitrogens with one attached hydrogen (secondary N) is 2. The summed E-state index contributed by atoms with van der Waals surface area (Å²) < 4.78 is 36.8. The van der Waals surface area contributed by atoms with Crippen LogP contribution in [0.4, 0.5) is 4.39 Å². The van der Waals surface area contributed by atoms with Gasteiger partial charge in [0.15, 0.2) is 15.8 Å². The first-order valence-electron chi connectivity index (χ1n) is 8.71. The van der Waals surface area contributed by atoms with E-state index < -0.39 is 15.7 Å². The van der Waals surface area contributed by atoms with E-state index in [1.54, 1.807) is 11.3 Å². The fraction of sp³-hybridized carbons (Fsp3) is 0.444. The minimum atomic E-state index is -3.22. The highest BCUT2D eigenvalue weighted by molar-refractivity contribution is 7.89. The Labute approximate surface area is 163 Å². The van der Waals surface area contributed by atoms with Gasteiger partial charge in [0.2, 0.25) is 0 Å². The predicted octanol–water partition coefficient (Wildman–Crippen LogP) is 2.64. The van der Waals surface area contributed by atoms with Crippen molar-refractivity contribution in [2.75, 3.05) is 12.8 Å². The van der Waals surface area contributed by atoms with Crippen LogP contribution in [0.3, 0.4) is 0 Å². The number of benzene rings is 1. The van der Waals surface area contributed by atoms with Gasteiger partial charge in [0.05, 0.1) is 29.5 Å². The van der Waals surface area contributed by atoms with Crippen LogP contribution in [-0.4, -0.2) is 32.2 Å². The molecule has 148 valence electrons. The van der Waals surface area contributed by atoms with E-state index in [1.807, 2.05) is 12.3 Å². The number of nitrogens with zero attached hydrogens (tertiary/aromatic N) is 2. The van der Waals surface area contributed by atoms with Crippen LogP contribution in [0.2, 0.25) is 0 Å². The van der Waals surface area contributed by atoms with Crippen molar-refractivity contribution in [3.63, 3.8) is 0 Å². The van der Waals surface area contributed by atoms with Crippen LogP contribution in [0.25, 0.3) is 0 Å². The van der Waals surface area contributed by atoms with Crippen molar-refractivity contribution in [3.05, 3.63) is 51.2 Å². The average molecular weight is 413 g/mol. The molecule has 0 amide bonds. The summed E-state index contributed by atoms with van der Waals surface area (Å²) in [5.41, 5.74) is 2.05. The molecular formula is C18H25FN4O2S2. The Kier molecular flexibility index (Phi) is 7.73. The van der Waals surface area contributed by atoms with E-state index in [0.717, 1.165) is 23.4 Å². The number of rotatable bonds is 8. The number of guanidine groups is 1. The molecule has 0 aliphatic carbocycles. The Balaban J connectivity index is 2.12. The summed E-state index contributed by atoms with van der Waals surface area (Å²) in [5, 5.41) is 9.42. The van der Waals surface area contributed by atoms with Gasteiger partial charge in [0, 0.05) is 18.2 Å². The number of aryl methyl sites for hydroxylation is 1. The molecule has 0 saturated heterocycles. The summed E-state index contributed by atoms with van der Waals surface area (Å²) >= 11 is 1.62. The van der Waals surface area contributed by atoms with Crippen molar-refractivity contribution in [2.45, 2.75) is 39.1 Å². The number of aromatic nitrogens is 1. The Morgan fingerprint density at radius 1 is 1.26 bits per heavy atom. The van der Waals surface area contributed by atoms with Gasteiger partial charge in [-0.15, -0.1) is 11.3 Å². The van der Waals surface area contributed by atoms with Crippen LogP contribution in [0.1, 0.15) is 35.7 Å². The van der Waals surface area contributed by atoms with E-state index in [1.165, 1.54) is 18.2 Å². The van der Waals surface area contributed by atoms with Gasteiger partial charge in [-0.25, -0.2) is 22.8 Å². The lowest BCUT2D eigenvalue weighted by molar-refractivity contribution is 0.600. The summed E-state index contributed by atoms with van der Waals surface area (Å²) in [7, 11) is -3.22. The number of sulfone groups is 1. The third-order valence-corrected chi connectivity index (χ3v) is 5.55. The lowest BCUT2D eigenvalue weighted by Crippen LogP contribution is -2.36. The maximum atomic E-state index is 13.6. The molecule has 0 aliphatic rings. The molecule has 27 heavy (non-hydrogen) atoms. The fourth-order valence-corrected chi connectivity index (χ4v) is 4.03. The van der Waals surface area contributed by atoms with Gasteiger partial charge in [-0.1, -0.05) is 13.0 Å². The SMILES string of the molecule is CCNC(=NCc1cc(F)ccc1CS(C)(=O)=O)NCc1csc(CC)n1. The Morgan fingerprint density at radius 2 is 2.04 bits per heavy atom. The Bertz CT molecular complexity index is 895. The zero-order chi connectivity index (χ0) is 19.9. The van der Waals surface area contributed by atoms with Crippen molar-refractivity contribution >= 4 is 27.1 Å². The van der Waals surface area contributed by atoms with Crippen LogP contribution >= 0.6 is 11.3 Å². The van der Waals surface area contributed by atoms with Gasteiger partial charge in [-0.3, -0.25) is 0 Å². The normalized spacial score (nSPS) is 12.2. The van der Waals surface area contributed by atoms with Crippen molar-refractivity contribution < 1.29 is 12.8 Å². The van der Waals surface area contributed by atoms with E-state index >= 15 is 0 Å². The molecule has 0 fully saturated rings. The van der Waals surface area contributed by atoms with Gasteiger partial charge in [-0.2, -0.15) is 0 Å². The number of hydrogen-bond acceptors (Lipinski definition) is 5. The largest absolute Gasteiger partial charge is 0.357 e. The second kappa shape index (κ2) is 9.80. The van der Waals surface area contributed by atoms with E-state index in [0.29, 0.717) is 30.2 Å². The van der Waals surface area contributed by atoms with Crippen LogP contribution in [0.5, 0.6) is 0 Å². The molecule has 0 aliphatic heterocycles. The topological polar surface area (TPSA) is 83.5 Å². The minimum absolute atomic E-state index is 0.138. The van der Waals surface area contributed by atoms with E-state index in [9.17, 15) is 12.8 Å². The third-order valence-electron chi connectivity index (χ3n) is 3.68. The maximum Gasteiger partial charge on any atom is 0.191 e. The van der Waals surface area contributed by atoms with E-state index in [2.05, 4.69) is 27.5 Å². The molecule has 6 nitrogen and oxygen atoms in total. The molecule has 0 atom stereocenters. The molecule has 2 rings (SSSR count). The fourth-order valence-electron chi connectivity index (χ4n) is 2.44. The van der Waals surface area contributed by atoms with Crippen molar-refractivity contribution in [3.8, 4) is 0 Å². The summed E-state index contributed by atoms with van der Waals surface area (Å²) in [6.45, 7) is 5.39. The van der Waals surface area contributed by atoms with Crippen molar-refractivity contribution in [1.82, 2.24) is 15.6 Å². The molecule has 1 heterocycles. The van der Waals surface area contributed by atoms with Crippen molar-refractivity contribution in [1.29, 1.82) is 0 Å². The van der Waals surface area contributed by atoms with Crippen LogP contribution in [0.15, 0.2) is 28.6 Å². The highest BCUT2D eigenvalue weighted by Gasteiger charge is 2.11. The third kappa shape index (κ3) is 7.26. The molecule has 0 spiro atoms. The molecule has 1 aromatic heterocycles. The quantitative estimate of drug-likeness (QED) is 0.514. The summed E-state index contributed by atoms with van der Waals surface area (Å²) in [6, 6.07) is 4.11. The summed E-state index contributed by atoms with van der Waals surface area (Å²) in [4.78, 5) is 8.97. The first-order chi connectivity index (χ1) is 12.8. The Hall–Kier alpha value is -2.00. The number of halogens is 1. The minimum Gasteiger partial charge on any atom is -0.357 e.